The second-order valence-electron chi connectivity index (χ2n) is 3.19. The number of methoxy groups -OCH3 is 1. The van der Waals surface area contributed by atoms with Gasteiger partial charge in [-0.05, 0) is 12.1 Å². The molecule has 0 amide bonds. The van der Waals surface area contributed by atoms with Gasteiger partial charge >= 0.3 is 0 Å². The number of phenols is 1. The lowest BCUT2D eigenvalue weighted by Crippen LogP contribution is -2.12. The van der Waals surface area contributed by atoms with Crippen LogP contribution in [0.25, 0.3) is 0 Å². The molecule has 0 bridgehead atoms. The van der Waals surface area contributed by atoms with Crippen LogP contribution in [0.5, 0.6) is 5.75 Å². The number of aromatic hydroxyl groups is 1. The van der Waals surface area contributed by atoms with E-state index in [0.717, 1.165) is 0 Å². The van der Waals surface area contributed by atoms with Crippen molar-refractivity contribution < 1.29 is 14.9 Å². The van der Waals surface area contributed by atoms with E-state index in [4.69, 9.17) is 22.1 Å². The molecule has 0 aliphatic carbocycles. The van der Waals surface area contributed by atoms with Crippen molar-refractivity contribution in [1.29, 1.82) is 0 Å². The third-order valence-corrected chi connectivity index (χ3v) is 2.28. The zero-order valence-corrected chi connectivity index (χ0v) is 9.16. The van der Waals surface area contributed by atoms with Gasteiger partial charge in [-0.25, -0.2) is 0 Å². The van der Waals surface area contributed by atoms with Crippen LogP contribution in [0.3, 0.4) is 0 Å². The summed E-state index contributed by atoms with van der Waals surface area (Å²) in [7, 11) is 1.51. The van der Waals surface area contributed by atoms with Gasteiger partial charge in [-0.15, -0.1) is 0 Å². The first-order chi connectivity index (χ1) is 7.10. The molecule has 0 fully saturated rings. The van der Waals surface area contributed by atoms with Crippen molar-refractivity contribution >= 4 is 11.6 Å². The van der Waals surface area contributed by atoms with Crippen molar-refractivity contribution in [1.82, 2.24) is 0 Å². The van der Waals surface area contributed by atoms with Crippen molar-refractivity contribution in [3.05, 3.63) is 28.3 Å². The zero-order chi connectivity index (χ0) is 11.4. The van der Waals surface area contributed by atoms with Gasteiger partial charge in [0.1, 0.15) is 5.75 Å². The van der Waals surface area contributed by atoms with E-state index >= 15 is 0 Å². The Morgan fingerprint density at radius 3 is 2.73 bits per heavy atom. The first kappa shape index (κ1) is 12.3. The maximum Gasteiger partial charge on any atom is 0.127 e. The Kier molecular flexibility index (Phi) is 4.35. The molecule has 15 heavy (non-hydrogen) atoms. The third kappa shape index (κ3) is 2.82. The molecule has 0 aromatic heterocycles. The fourth-order valence-corrected chi connectivity index (χ4v) is 1.57. The van der Waals surface area contributed by atoms with Crippen LogP contribution in [-0.2, 0) is 11.3 Å². The molecular formula is C10H14ClNO3. The molecule has 1 aromatic rings. The highest BCUT2D eigenvalue weighted by atomic mass is 35.5. The third-order valence-electron chi connectivity index (χ3n) is 2.07. The maximum absolute atomic E-state index is 9.79. The monoisotopic (exact) mass is 231 g/mol. The van der Waals surface area contributed by atoms with E-state index in [1.807, 2.05) is 0 Å². The largest absolute Gasteiger partial charge is 0.507 e. The first-order valence-corrected chi connectivity index (χ1v) is 4.86. The van der Waals surface area contributed by atoms with Crippen LogP contribution in [0.2, 0.25) is 5.02 Å². The standard InChI is InChI=1S/C10H14ClNO3/c1-15-5-6-2-7(11)3-8(10(6)14)9(13)4-12/h2-3,9,13-14H,4-5,12H2,1H3. The van der Waals surface area contributed by atoms with Crippen LogP contribution < -0.4 is 5.73 Å². The van der Waals surface area contributed by atoms with Crippen LogP contribution in [-0.4, -0.2) is 23.9 Å². The molecule has 0 saturated carbocycles. The Hall–Kier alpha value is -0.810. The normalized spacial score (nSPS) is 12.8. The number of ether oxygens (including phenoxy) is 1. The summed E-state index contributed by atoms with van der Waals surface area (Å²) in [5.41, 5.74) is 6.18. The summed E-state index contributed by atoms with van der Waals surface area (Å²) in [5, 5.41) is 19.8. The Labute approximate surface area is 93.2 Å². The van der Waals surface area contributed by atoms with Crippen molar-refractivity contribution in [2.75, 3.05) is 13.7 Å². The highest BCUT2D eigenvalue weighted by Crippen LogP contribution is 2.31. The van der Waals surface area contributed by atoms with E-state index in [1.54, 1.807) is 6.07 Å². The van der Waals surface area contributed by atoms with Gasteiger partial charge in [0.15, 0.2) is 0 Å². The molecule has 0 radical (unpaired) electrons. The van der Waals surface area contributed by atoms with Gasteiger partial charge < -0.3 is 20.7 Å². The lowest BCUT2D eigenvalue weighted by molar-refractivity contribution is 0.173. The van der Waals surface area contributed by atoms with Crippen LogP contribution in [0.15, 0.2) is 12.1 Å². The van der Waals surface area contributed by atoms with Crippen molar-refractivity contribution in [2.45, 2.75) is 12.7 Å². The molecular weight excluding hydrogens is 218 g/mol. The van der Waals surface area contributed by atoms with Crippen LogP contribution in [0.4, 0.5) is 0 Å². The number of benzene rings is 1. The molecule has 1 atom stereocenters. The van der Waals surface area contributed by atoms with Gasteiger partial charge in [0.05, 0.1) is 12.7 Å². The molecule has 4 nitrogen and oxygen atoms in total. The summed E-state index contributed by atoms with van der Waals surface area (Å²) in [6.07, 6.45) is -0.917. The predicted octanol–water partition coefficient (Wildman–Crippen LogP) is 1.18. The Morgan fingerprint density at radius 1 is 1.53 bits per heavy atom. The molecule has 1 rings (SSSR count). The predicted molar refractivity (Wildman–Crippen MR) is 57.8 cm³/mol. The number of aliphatic hydroxyl groups excluding tert-OH is 1. The molecule has 1 aromatic carbocycles. The quantitative estimate of drug-likeness (QED) is 0.728. The van der Waals surface area contributed by atoms with Crippen molar-refractivity contribution in [3.63, 3.8) is 0 Å². The summed E-state index contributed by atoms with van der Waals surface area (Å²) >= 11 is 5.84. The molecule has 0 aliphatic rings. The number of aliphatic hydroxyl groups is 1. The molecule has 5 heteroatoms. The van der Waals surface area contributed by atoms with Crippen molar-refractivity contribution in [2.24, 2.45) is 5.73 Å². The Bertz CT molecular complexity index is 344. The minimum absolute atomic E-state index is 0.0146. The van der Waals surface area contributed by atoms with Crippen LogP contribution in [0.1, 0.15) is 17.2 Å². The van der Waals surface area contributed by atoms with Gasteiger partial charge in [-0.2, -0.15) is 0 Å². The van der Waals surface area contributed by atoms with Gasteiger partial charge in [0.25, 0.3) is 0 Å². The summed E-state index contributed by atoms with van der Waals surface area (Å²) < 4.78 is 4.90. The van der Waals surface area contributed by atoms with Crippen LogP contribution in [0, 0.1) is 0 Å². The highest BCUT2D eigenvalue weighted by molar-refractivity contribution is 6.30. The first-order valence-electron chi connectivity index (χ1n) is 4.48. The minimum atomic E-state index is -0.917. The molecule has 0 heterocycles. The van der Waals surface area contributed by atoms with Gasteiger partial charge in [0.2, 0.25) is 0 Å². The average molecular weight is 232 g/mol. The van der Waals surface area contributed by atoms with E-state index in [-0.39, 0.29) is 18.9 Å². The fraction of sp³-hybridized carbons (Fsp3) is 0.400. The number of hydrogen-bond donors (Lipinski definition) is 3. The molecule has 1 unspecified atom stereocenters. The number of hydrogen-bond acceptors (Lipinski definition) is 4. The van der Waals surface area contributed by atoms with Gasteiger partial charge in [0, 0.05) is 29.8 Å². The summed E-state index contributed by atoms with van der Waals surface area (Å²) in [6.45, 7) is 0.261. The lowest BCUT2D eigenvalue weighted by Gasteiger charge is -2.14. The topological polar surface area (TPSA) is 75.7 Å². The van der Waals surface area contributed by atoms with E-state index in [0.29, 0.717) is 16.1 Å². The van der Waals surface area contributed by atoms with Gasteiger partial charge in [-0.3, -0.25) is 0 Å². The highest BCUT2D eigenvalue weighted by Gasteiger charge is 2.15. The second kappa shape index (κ2) is 5.32. The van der Waals surface area contributed by atoms with Crippen molar-refractivity contribution in [3.8, 4) is 5.75 Å². The summed E-state index contributed by atoms with van der Waals surface area (Å²) in [4.78, 5) is 0. The smallest absolute Gasteiger partial charge is 0.127 e. The van der Waals surface area contributed by atoms with Crippen LogP contribution >= 0.6 is 11.6 Å². The average Bonchev–Trinajstić information content (AvgIpc) is 2.22. The van der Waals surface area contributed by atoms with Gasteiger partial charge in [-0.1, -0.05) is 11.6 Å². The zero-order valence-electron chi connectivity index (χ0n) is 8.40. The summed E-state index contributed by atoms with van der Waals surface area (Å²) in [6, 6.07) is 3.08. The Balaban J connectivity index is 3.15. The molecule has 0 aliphatic heterocycles. The molecule has 84 valence electrons. The lowest BCUT2D eigenvalue weighted by atomic mass is 10.0. The number of rotatable bonds is 4. The molecule has 0 saturated heterocycles. The van der Waals surface area contributed by atoms with E-state index in [2.05, 4.69) is 0 Å². The molecule has 0 spiro atoms. The van der Waals surface area contributed by atoms with E-state index in [9.17, 15) is 10.2 Å². The maximum atomic E-state index is 9.79. The summed E-state index contributed by atoms with van der Waals surface area (Å²) in [5.74, 6) is -0.0146. The minimum Gasteiger partial charge on any atom is -0.507 e. The van der Waals surface area contributed by atoms with E-state index < -0.39 is 6.10 Å². The number of nitrogens with two attached hydrogens (primary N) is 1. The molecule has 4 N–H and O–H groups in total. The Morgan fingerprint density at radius 2 is 2.20 bits per heavy atom. The second-order valence-corrected chi connectivity index (χ2v) is 3.62. The SMILES string of the molecule is COCc1cc(Cl)cc(C(O)CN)c1O. The number of phenolic OH excluding ortho intramolecular Hbond substituents is 1. The van der Waals surface area contributed by atoms with E-state index in [1.165, 1.54) is 13.2 Å². The number of halogens is 1. The fourth-order valence-electron chi connectivity index (χ4n) is 1.33.